The van der Waals surface area contributed by atoms with Crippen molar-refractivity contribution >= 4 is 15.6 Å². The van der Waals surface area contributed by atoms with Crippen molar-refractivity contribution in [2.24, 2.45) is 0 Å². The third kappa shape index (κ3) is 6.24. The molecule has 1 aliphatic rings. The highest BCUT2D eigenvalue weighted by Crippen LogP contribution is 2.31. The van der Waals surface area contributed by atoms with Crippen molar-refractivity contribution in [3.63, 3.8) is 0 Å². The number of aromatic nitrogens is 2. The van der Waals surface area contributed by atoms with Gasteiger partial charge in [0.2, 0.25) is 11.8 Å². The van der Waals surface area contributed by atoms with Crippen LogP contribution in [-0.4, -0.2) is 61.1 Å². The molecule has 1 aliphatic heterocycles. The summed E-state index contributed by atoms with van der Waals surface area (Å²) < 4.78 is 49.4. The van der Waals surface area contributed by atoms with E-state index in [1.807, 2.05) is 31.2 Å². The number of hydrogen-bond acceptors (Lipinski definition) is 8. The highest BCUT2D eigenvalue weighted by molar-refractivity contribution is 7.90. The summed E-state index contributed by atoms with van der Waals surface area (Å²) in [6.07, 6.45) is 3.64. The van der Waals surface area contributed by atoms with Gasteiger partial charge in [0.25, 0.3) is 0 Å². The maximum atomic E-state index is 14.4. The number of ether oxygens (including phenoxy) is 2. The van der Waals surface area contributed by atoms with Crippen LogP contribution in [0.3, 0.4) is 0 Å². The Morgan fingerprint density at radius 2 is 1.72 bits per heavy atom. The summed E-state index contributed by atoms with van der Waals surface area (Å²) in [5.41, 5.74) is 2.33. The first-order valence-electron chi connectivity index (χ1n) is 11.6. The Morgan fingerprint density at radius 3 is 2.36 bits per heavy atom. The molecular formula is C26H28FN3O5S. The minimum atomic E-state index is -3.54. The number of benzene rings is 2. The number of rotatable bonds is 8. The summed E-state index contributed by atoms with van der Waals surface area (Å²) in [5.74, 6) is -0.415. The van der Waals surface area contributed by atoms with Crippen molar-refractivity contribution in [3.05, 3.63) is 71.3 Å². The second-order valence-corrected chi connectivity index (χ2v) is 11.0. The zero-order valence-corrected chi connectivity index (χ0v) is 21.2. The van der Waals surface area contributed by atoms with Crippen molar-refractivity contribution in [1.82, 2.24) is 14.9 Å². The number of hydrogen-bond donors (Lipinski definition) is 0. The molecule has 0 aliphatic carbocycles. The topological polar surface area (TPSA) is 98.7 Å². The van der Waals surface area contributed by atoms with Gasteiger partial charge in [0.15, 0.2) is 27.2 Å². The molecule has 0 radical (unpaired) electrons. The number of likely N-dealkylation sites (tertiary alicyclic amines) is 1. The Morgan fingerprint density at radius 1 is 1.06 bits per heavy atom. The van der Waals surface area contributed by atoms with Gasteiger partial charge in [-0.25, -0.2) is 22.8 Å². The Bertz CT molecular complexity index is 1350. The van der Waals surface area contributed by atoms with Crippen LogP contribution < -0.4 is 9.47 Å². The number of Topliss-reactive ketones (excluding diaryl/α,β-unsaturated/α-hetero) is 1. The zero-order valence-electron chi connectivity index (χ0n) is 20.4. The van der Waals surface area contributed by atoms with Gasteiger partial charge in [-0.2, -0.15) is 0 Å². The molecule has 2 heterocycles. The number of sulfone groups is 1. The first-order chi connectivity index (χ1) is 17.1. The summed E-state index contributed by atoms with van der Waals surface area (Å²) in [7, 11) is -3.54. The molecule has 0 bridgehead atoms. The summed E-state index contributed by atoms with van der Waals surface area (Å²) in [6, 6.07) is 11.0. The van der Waals surface area contributed by atoms with Gasteiger partial charge in [0, 0.05) is 24.9 Å². The first-order valence-corrected chi connectivity index (χ1v) is 13.5. The van der Waals surface area contributed by atoms with E-state index in [4.69, 9.17) is 9.47 Å². The molecule has 0 saturated carbocycles. The summed E-state index contributed by atoms with van der Waals surface area (Å²) in [4.78, 5) is 22.8. The normalized spacial score (nSPS) is 15.0. The molecule has 10 heteroatoms. The Labute approximate surface area is 210 Å². The van der Waals surface area contributed by atoms with Gasteiger partial charge in [-0.15, -0.1) is 0 Å². The van der Waals surface area contributed by atoms with E-state index in [2.05, 4.69) is 14.9 Å². The predicted molar refractivity (Wildman–Crippen MR) is 132 cm³/mol. The fourth-order valence-electron chi connectivity index (χ4n) is 3.92. The second kappa shape index (κ2) is 10.7. The maximum Gasteiger partial charge on any atom is 0.229 e. The van der Waals surface area contributed by atoms with E-state index in [0.29, 0.717) is 36.6 Å². The van der Waals surface area contributed by atoms with E-state index in [9.17, 15) is 17.6 Å². The van der Waals surface area contributed by atoms with E-state index in [1.165, 1.54) is 18.5 Å². The molecule has 4 rings (SSSR count). The van der Waals surface area contributed by atoms with Gasteiger partial charge >= 0.3 is 0 Å². The van der Waals surface area contributed by atoms with Gasteiger partial charge in [-0.3, -0.25) is 9.69 Å². The number of nitrogens with zero attached hydrogens (tertiary/aromatic N) is 3. The van der Waals surface area contributed by atoms with Crippen molar-refractivity contribution < 1.29 is 27.1 Å². The third-order valence-corrected chi connectivity index (χ3v) is 7.19. The molecule has 1 saturated heterocycles. The van der Waals surface area contributed by atoms with Crippen molar-refractivity contribution in [2.45, 2.75) is 37.7 Å². The lowest BCUT2D eigenvalue weighted by Crippen LogP contribution is -2.41. The number of ketones is 1. The number of aryl methyl sites for hydroxylation is 1. The molecule has 1 aromatic heterocycles. The average Bonchev–Trinajstić information content (AvgIpc) is 2.83. The zero-order chi connectivity index (χ0) is 25.9. The minimum Gasteiger partial charge on any atom is -0.474 e. The Balaban J connectivity index is 1.35. The average molecular weight is 514 g/mol. The van der Waals surface area contributed by atoms with Crippen molar-refractivity contribution in [1.29, 1.82) is 0 Å². The van der Waals surface area contributed by atoms with Crippen LogP contribution in [-0.2, 0) is 9.84 Å². The number of carbonyl (C=O) groups is 1. The monoisotopic (exact) mass is 513 g/mol. The molecule has 8 nitrogen and oxygen atoms in total. The standard InChI is InChI=1S/C26H28FN3O5S/c1-17-4-6-19(7-5-17)23(31)15-30-12-10-20(11-13-30)34-25-18(2)26(29-16-28-25)35-24-9-8-21(14-22(24)27)36(3,32)33/h4-9,14,16,20H,10-13,15H2,1-3H3. The van der Waals surface area contributed by atoms with Gasteiger partial charge in [-0.05, 0) is 44.9 Å². The molecule has 2 aromatic carbocycles. The molecule has 0 spiro atoms. The Kier molecular flexibility index (Phi) is 7.65. The lowest BCUT2D eigenvalue weighted by molar-refractivity contribution is 0.0774. The van der Waals surface area contributed by atoms with Crippen LogP contribution in [0.15, 0.2) is 53.7 Å². The van der Waals surface area contributed by atoms with E-state index in [0.717, 1.165) is 30.7 Å². The number of carbonyl (C=O) groups excluding carboxylic acids is 1. The van der Waals surface area contributed by atoms with Crippen LogP contribution in [0.2, 0.25) is 0 Å². The molecule has 36 heavy (non-hydrogen) atoms. The highest BCUT2D eigenvalue weighted by atomic mass is 32.2. The van der Waals surface area contributed by atoms with Crippen molar-refractivity contribution in [3.8, 4) is 17.5 Å². The summed E-state index contributed by atoms with van der Waals surface area (Å²) in [5, 5.41) is 0. The molecule has 1 fully saturated rings. The fourth-order valence-corrected chi connectivity index (χ4v) is 4.55. The molecule has 190 valence electrons. The van der Waals surface area contributed by atoms with E-state index < -0.39 is 15.7 Å². The molecule has 3 aromatic rings. The van der Waals surface area contributed by atoms with Crippen LogP contribution in [0.1, 0.15) is 34.3 Å². The largest absolute Gasteiger partial charge is 0.474 e. The third-order valence-electron chi connectivity index (χ3n) is 6.08. The van der Waals surface area contributed by atoms with Gasteiger partial charge in [-0.1, -0.05) is 29.8 Å². The van der Waals surface area contributed by atoms with Crippen LogP contribution in [0, 0.1) is 19.7 Å². The Hall–Kier alpha value is -3.37. The molecule has 0 N–H and O–H groups in total. The molecule has 0 unspecified atom stereocenters. The summed E-state index contributed by atoms with van der Waals surface area (Å²) in [6.45, 7) is 5.50. The maximum absolute atomic E-state index is 14.4. The lowest BCUT2D eigenvalue weighted by Gasteiger charge is -2.31. The van der Waals surface area contributed by atoms with Crippen LogP contribution in [0.4, 0.5) is 4.39 Å². The van der Waals surface area contributed by atoms with E-state index >= 15 is 0 Å². The minimum absolute atomic E-state index is 0.0945. The lowest BCUT2D eigenvalue weighted by atomic mass is 10.0. The van der Waals surface area contributed by atoms with Gasteiger partial charge < -0.3 is 9.47 Å². The first kappa shape index (κ1) is 25.7. The fraction of sp³-hybridized carbons (Fsp3) is 0.346. The second-order valence-electron chi connectivity index (χ2n) is 8.96. The molecule has 0 amide bonds. The molecule has 0 atom stereocenters. The van der Waals surface area contributed by atoms with Crippen LogP contribution in [0.25, 0.3) is 0 Å². The SMILES string of the molecule is Cc1ccc(C(=O)CN2CCC(Oc3ncnc(Oc4ccc(S(C)(=O)=O)cc4F)c3C)CC2)cc1. The number of halogens is 1. The van der Waals surface area contributed by atoms with E-state index in [1.54, 1.807) is 6.92 Å². The van der Waals surface area contributed by atoms with Crippen LogP contribution in [0.5, 0.6) is 17.5 Å². The van der Waals surface area contributed by atoms with Gasteiger partial charge in [0.05, 0.1) is 17.0 Å². The predicted octanol–water partition coefficient (Wildman–Crippen LogP) is 4.15. The smallest absolute Gasteiger partial charge is 0.229 e. The van der Waals surface area contributed by atoms with Gasteiger partial charge in [0.1, 0.15) is 12.4 Å². The van der Waals surface area contributed by atoms with E-state index in [-0.39, 0.29) is 28.4 Å². The number of piperidine rings is 1. The quantitative estimate of drug-likeness (QED) is 0.414. The summed E-state index contributed by atoms with van der Waals surface area (Å²) >= 11 is 0. The van der Waals surface area contributed by atoms with Crippen LogP contribution >= 0.6 is 0 Å². The van der Waals surface area contributed by atoms with Crippen molar-refractivity contribution in [2.75, 3.05) is 25.9 Å². The highest BCUT2D eigenvalue weighted by Gasteiger charge is 2.24. The molecular weight excluding hydrogens is 485 g/mol.